The van der Waals surface area contributed by atoms with E-state index in [4.69, 9.17) is 5.73 Å². The van der Waals surface area contributed by atoms with E-state index in [1.165, 1.54) is 30.5 Å². The van der Waals surface area contributed by atoms with Crippen LogP contribution in [0.25, 0.3) is 0 Å². The van der Waals surface area contributed by atoms with Gasteiger partial charge in [0.05, 0.1) is 0 Å². The molecule has 2 N–H and O–H groups in total. The van der Waals surface area contributed by atoms with Gasteiger partial charge in [-0.15, -0.1) is 0 Å². The molecule has 17 heavy (non-hydrogen) atoms. The molecule has 3 heteroatoms. The third-order valence-corrected chi connectivity index (χ3v) is 3.68. The van der Waals surface area contributed by atoms with Crippen LogP contribution >= 0.6 is 0 Å². The molecule has 0 aromatic carbocycles. The van der Waals surface area contributed by atoms with Gasteiger partial charge in [0, 0.05) is 42.8 Å². The van der Waals surface area contributed by atoms with Crippen molar-refractivity contribution in [3.05, 3.63) is 23.5 Å². The molecule has 1 saturated heterocycles. The number of aromatic nitrogens is 1. The summed E-state index contributed by atoms with van der Waals surface area (Å²) in [4.78, 5) is 6.82. The van der Waals surface area contributed by atoms with Gasteiger partial charge in [-0.25, -0.2) is 0 Å². The number of aryl methyl sites for hydroxylation is 1. The molecule has 0 spiro atoms. The lowest BCUT2D eigenvalue weighted by molar-refractivity contribution is 0.521. The number of rotatable bonds is 2. The Labute approximate surface area is 104 Å². The lowest BCUT2D eigenvalue weighted by Crippen LogP contribution is -2.26. The zero-order valence-electron chi connectivity index (χ0n) is 10.9. The van der Waals surface area contributed by atoms with Gasteiger partial charge in [0.25, 0.3) is 0 Å². The molecule has 0 aliphatic carbocycles. The molecular weight excluding hydrogens is 210 g/mol. The average molecular weight is 233 g/mol. The fourth-order valence-electron chi connectivity index (χ4n) is 2.53. The first-order valence-electron chi connectivity index (χ1n) is 6.61. The first-order valence-corrected chi connectivity index (χ1v) is 6.61. The Balaban J connectivity index is 2.22. The normalized spacial score (nSPS) is 21.4. The molecule has 3 nitrogen and oxygen atoms in total. The minimum Gasteiger partial charge on any atom is -0.371 e. The van der Waals surface area contributed by atoms with Gasteiger partial charge in [-0.05, 0) is 38.2 Å². The molecular formula is C14H23N3. The van der Waals surface area contributed by atoms with Crippen LogP contribution < -0.4 is 10.6 Å². The molecule has 0 radical (unpaired) electrons. The molecule has 1 aliphatic heterocycles. The third kappa shape index (κ3) is 2.97. The van der Waals surface area contributed by atoms with Crippen LogP contribution in [-0.2, 0) is 6.54 Å². The lowest BCUT2D eigenvalue weighted by atomic mass is 10.0. The van der Waals surface area contributed by atoms with Crippen molar-refractivity contribution >= 4 is 5.69 Å². The average Bonchev–Trinajstić information content (AvgIpc) is 2.54. The fraction of sp³-hybridized carbons (Fsp3) is 0.643. The maximum atomic E-state index is 5.81. The molecule has 2 heterocycles. The summed E-state index contributed by atoms with van der Waals surface area (Å²) in [6, 6.07) is 2.18. The highest BCUT2D eigenvalue weighted by molar-refractivity contribution is 5.53. The predicted octanol–water partition coefficient (Wildman–Crippen LogP) is 2.48. The first kappa shape index (κ1) is 12.4. The summed E-state index contributed by atoms with van der Waals surface area (Å²) in [5, 5.41) is 0. The van der Waals surface area contributed by atoms with Gasteiger partial charge in [-0.3, -0.25) is 4.98 Å². The minimum absolute atomic E-state index is 0.578. The zero-order valence-corrected chi connectivity index (χ0v) is 10.9. The highest BCUT2D eigenvalue weighted by atomic mass is 15.1. The Hall–Kier alpha value is -1.09. The molecule has 1 unspecified atom stereocenters. The van der Waals surface area contributed by atoms with Crippen LogP contribution in [0.4, 0.5) is 5.69 Å². The number of hydrogen-bond donors (Lipinski definition) is 1. The quantitative estimate of drug-likeness (QED) is 0.853. The van der Waals surface area contributed by atoms with Crippen LogP contribution in [0.1, 0.15) is 37.4 Å². The topological polar surface area (TPSA) is 42.1 Å². The first-order chi connectivity index (χ1) is 8.20. The van der Waals surface area contributed by atoms with E-state index in [9.17, 15) is 0 Å². The number of nitrogens with two attached hydrogens (primary N) is 1. The van der Waals surface area contributed by atoms with E-state index in [1.54, 1.807) is 0 Å². The molecule has 94 valence electrons. The second-order valence-electron chi connectivity index (χ2n) is 5.18. The summed E-state index contributed by atoms with van der Waals surface area (Å²) in [5.41, 5.74) is 9.36. The highest BCUT2D eigenvalue weighted by Gasteiger charge is 2.16. The Morgan fingerprint density at radius 3 is 3.00 bits per heavy atom. The highest BCUT2D eigenvalue weighted by Crippen LogP contribution is 2.25. The molecule has 1 aromatic rings. The van der Waals surface area contributed by atoms with Crippen LogP contribution in [0.3, 0.4) is 0 Å². The van der Waals surface area contributed by atoms with E-state index in [2.05, 4.69) is 22.9 Å². The summed E-state index contributed by atoms with van der Waals surface area (Å²) in [7, 11) is 0. The largest absolute Gasteiger partial charge is 0.371 e. The SMILES string of the molecule is Cc1cc(N2CCCC(C)CC2)c(CN)cn1. The second-order valence-corrected chi connectivity index (χ2v) is 5.18. The Morgan fingerprint density at radius 2 is 2.24 bits per heavy atom. The van der Waals surface area contributed by atoms with Gasteiger partial charge in [0.1, 0.15) is 0 Å². The van der Waals surface area contributed by atoms with Gasteiger partial charge in [-0.2, -0.15) is 0 Å². The lowest BCUT2D eigenvalue weighted by Gasteiger charge is -2.25. The Morgan fingerprint density at radius 1 is 1.41 bits per heavy atom. The van der Waals surface area contributed by atoms with Crippen molar-refractivity contribution in [1.82, 2.24) is 4.98 Å². The van der Waals surface area contributed by atoms with Crippen molar-refractivity contribution in [2.24, 2.45) is 11.7 Å². The van der Waals surface area contributed by atoms with Crippen LogP contribution in [0.15, 0.2) is 12.3 Å². The predicted molar refractivity (Wildman–Crippen MR) is 72.1 cm³/mol. The molecule has 0 saturated carbocycles. The van der Waals surface area contributed by atoms with Crippen LogP contribution in [0.5, 0.6) is 0 Å². The van der Waals surface area contributed by atoms with Crippen molar-refractivity contribution in [1.29, 1.82) is 0 Å². The molecule has 1 aromatic heterocycles. The Kier molecular flexibility index (Phi) is 4.00. The van der Waals surface area contributed by atoms with Gasteiger partial charge in [-0.1, -0.05) is 6.92 Å². The van der Waals surface area contributed by atoms with Crippen molar-refractivity contribution in [3.8, 4) is 0 Å². The summed E-state index contributed by atoms with van der Waals surface area (Å²) in [6.07, 6.45) is 5.84. The standard InChI is InChI=1S/C14H23N3/c1-11-4-3-6-17(7-5-11)14-8-12(2)16-10-13(14)9-15/h8,10-11H,3-7,9,15H2,1-2H3. The molecule has 0 bridgehead atoms. The fourth-order valence-corrected chi connectivity index (χ4v) is 2.53. The van der Waals surface area contributed by atoms with Gasteiger partial charge in [0.15, 0.2) is 0 Å². The van der Waals surface area contributed by atoms with Crippen molar-refractivity contribution < 1.29 is 0 Å². The number of hydrogen-bond acceptors (Lipinski definition) is 3. The summed E-state index contributed by atoms with van der Waals surface area (Å²) >= 11 is 0. The smallest absolute Gasteiger partial charge is 0.0445 e. The molecule has 2 rings (SSSR count). The maximum Gasteiger partial charge on any atom is 0.0445 e. The van der Waals surface area contributed by atoms with E-state index in [0.29, 0.717) is 6.54 Å². The van der Waals surface area contributed by atoms with Gasteiger partial charge >= 0.3 is 0 Å². The van der Waals surface area contributed by atoms with E-state index < -0.39 is 0 Å². The maximum absolute atomic E-state index is 5.81. The summed E-state index contributed by atoms with van der Waals surface area (Å²) in [5.74, 6) is 0.851. The van der Waals surface area contributed by atoms with Gasteiger partial charge in [0.2, 0.25) is 0 Å². The van der Waals surface area contributed by atoms with Crippen LogP contribution in [-0.4, -0.2) is 18.1 Å². The molecule has 1 atom stereocenters. The molecule has 1 aliphatic rings. The number of pyridine rings is 1. The van der Waals surface area contributed by atoms with Crippen molar-refractivity contribution in [2.75, 3.05) is 18.0 Å². The van der Waals surface area contributed by atoms with Crippen LogP contribution in [0.2, 0.25) is 0 Å². The molecule has 0 amide bonds. The Bertz CT molecular complexity index is 376. The summed E-state index contributed by atoms with van der Waals surface area (Å²) in [6.45, 7) is 7.28. The van der Waals surface area contributed by atoms with E-state index >= 15 is 0 Å². The summed E-state index contributed by atoms with van der Waals surface area (Å²) < 4.78 is 0. The minimum atomic E-state index is 0.578. The van der Waals surface area contributed by atoms with Gasteiger partial charge < -0.3 is 10.6 Å². The van der Waals surface area contributed by atoms with Crippen LogP contribution in [0, 0.1) is 12.8 Å². The number of anilines is 1. The monoisotopic (exact) mass is 233 g/mol. The van der Waals surface area contributed by atoms with E-state index in [-0.39, 0.29) is 0 Å². The van der Waals surface area contributed by atoms with Crippen molar-refractivity contribution in [3.63, 3.8) is 0 Å². The third-order valence-electron chi connectivity index (χ3n) is 3.68. The van der Waals surface area contributed by atoms with Crippen molar-refractivity contribution in [2.45, 2.75) is 39.7 Å². The number of nitrogens with zero attached hydrogens (tertiary/aromatic N) is 2. The molecule has 1 fully saturated rings. The van der Waals surface area contributed by atoms with E-state index in [1.807, 2.05) is 13.1 Å². The zero-order chi connectivity index (χ0) is 12.3. The second kappa shape index (κ2) is 5.50. The van der Waals surface area contributed by atoms with E-state index in [0.717, 1.165) is 24.7 Å².